The van der Waals surface area contributed by atoms with Crippen LogP contribution in [0.1, 0.15) is 23.2 Å². The Balaban J connectivity index is 1.61. The smallest absolute Gasteiger partial charge is 0.269 e. The summed E-state index contributed by atoms with van der Waals surface area (Å²) in [4.78, 5) is 24.4. The molecule has 9 nitrogen and oxygen atoms in total. The number of benzene rings is 1. The monoisotopic (exact) mass is 369 g/mol. The topological polar surface area (TPSA) is 114 Å². The molecular formula is C15H19N3O6S. The first-order valence-electron chi connectivity index (χ1n) is 7.83. The fourth-order valence-corrected chi connectivity index (χ4v) is 3.98. The third kappa shape index (κ3) is 3.85. The van der Waals surface area contributed by atoms with E-state index in [9.17, 15) is 18.0 Å². The second-order valence-corrected chi connectivity index (χ2v) is 7.77. The molecule has 3 rings (SSSR count). The van der Waals surface area contributed by atoms with Crippen LogP contribution in [0.3, 0.4) is 0 Å². The molecule has 0 aromatic heterocycles. The van der Waals surface area contributed by atoms with Gasteiger partial charge in [0.2, 0.25) is 10.0 Å². The van der Waals surface area contributed by atoms with Crippen molar-refractivity contribution in [2.75, 3.05) is 26.0 Å². The van der Waals surface area contributed by atoms with E-state index in [1.54, 1.807) is 12.1 Å². The molecule has 1 aromatic rings. The van der Waals surface area contributed by atoms with Gasteiger partial charge in [-0.05, 0) is 31.0 Å². The van der Waals surface area contributed by atoms with Crippen LogP contribution in [0.25, 0.3) is 0 Å². The van der Waals surface area contributed by atoms with Crippen molar-refractivity contribution in [3.63, 3.8) is 0 Å². The van der Waals surface area contributed by atoms with Crippen molar-refractivity contribution in [2.45, 2.75) is 18.9 Å². The first-order valence-corrected chi connectivity index (χ1v) is 9.68. The molecule has 2 heterocycles. The Morgan fingerprint density at radius 2 is 1.88 bits per heavy atom. The molecule has 25 heavy (non-hydrogen) atoms. The molecule has 2 N–H and O–H groups in total. The summed E-state index contributed by atoms with van der Waals surface area (Å²) >= 11 is 0. The van der Waals surface area contributed by atoms with Gasteiger partial charge in [-0.2, -0.15) is 4.31 Å². The second-order valence-electron chi connectivity index (χ2n) is 5.83. The molecule has 1 unspecified atom stereocenters. The Labute approximate surface area is 145 Å². The van der Waals surface area contributed by atoms with Gasteiger partial charge in [-0.1, -0.05) is 0 Å². The molecule has 0 radical (unpaired) electrons. The highest BCUT2D eigenvalue weighted by atomic mass is 32.2. The van der Waals surface area contributed by atoms with E-state index in [-0.39, 0.29) is 5.56 Å². The minimum absolute atomic E-state index is 0.288. The zero-order valence-corrected chi connectivity index (χ0v) is 14.5. The van der Waals surface area contributed by atoms with Gasteiger partial charge in [0.1, 0.15) is 19.3 Å². The largest absolute Gasteiger partial charge is 0.486 e. The molecule has 1 fully saturated rings. The number of rotatable bonds is 3. The first-order chi connectivity index (χ1) is 11.9. The van der Waals surface area contributed by atoms with Crippen molar-refractivity contribution in [3.8, 4) is 11.5 Å². The van der Waals surface area contributed by atoms with Crippen LogP contribution < -0.4 is 20.3 Å². The summed E-state index contributed by atoms with van der Waals surface area (Å²) in [6.07, 6.45) is 2.08. The Kier molecular flexibility index (Phi) is 4.82. The molecule has 0 saturated carbocycles. The standard InChI is InChI=1S/C15H19N3O6S/c1-25(21,22)18-6-2-3-11(18)15(20)17-16-14(19)10-4-5-12-13(9-10)24-8-7-23-12/h4-5,9,11H,2-3,6-8H2,1H3,(H,16,19)(H,17,20). The maximum absolute atomic E-state index is 12.2. The highest BCUT2D eigenvalue weighted by Gasteiger charge is 2.36. The maximum atomic E-state index is 12.2. The lowest BCUT2D eigenvalue weighted by Crippen LogP contribution is -2.51. The Bertz CT molecular complexity index is 794. The number of sulfonamides is 1. The molecule has 1 saturated heterocycles. The van der Waals surface area contributed by atoms with Crippen LogP contribution in [0.5, 0.6) is 11.5 Å². The number of nitrogens with zero attached hydrogens (tertiary/aromatic N) is 1. The molecule has 10 heteroatoms. The predicted molar refractivity (Wildman–Crippen MR) is 87.6 cm³/mol. The lowest BCUT2D eigenvalue weighted by Gasteiger charge is -2.21. The summed E-state index contributed by atoms with van der Waals surface area (Å²) in [6, 6.07) is 3.88. The van der Waals surface area contributed by atoms with Gasteiger partial charge in [-0.3, -0.25) is 20.4 Å². The maximum Gasteiger partial charge on any atom is 0.269 e. The third-order valence-corrected chi connectivity index (χ3v) is 5.32. The van der Waals surface area contributed by atoms with E-state index >= 15 is 0 Å². The number of hydrazine groups is 1. The van der Waals surface area contributed by atoms with Gasteiger partial charge in [0.05, 0.1) is 6.26 Å². The van der Waals surface area contributed by atoms with Crippen LogP contribution in [0.4, 0.5) is 0 Å². The number of carbonyl (C=O) groups excluding carboxylic acids is 2. The van der Waals surface area contributed by atoms with E-state index in [0.29, 0.717) is 44.1 Å². The molecule has 0 aliphatic carbocycles. The molecule has 136 valence electrons. The van der Waals surface area contributed by atoms with Crippen molar-refractivity contribution in [3.05, 3.63) is 23.8 Å². The van der Waals surface area contributed by atoms with Gasteiger partial charge in [0.15, 0.2) is 11.5 Å². The zero-order chi connectivity index (χ0) is 18.0. The third-order valence-electron chi connectivity index (χ3n) is 4.04. The molecule has 1 atom stereocenters. The Morgan fingerprint density at radius 1 is 1.16 bits per heavy atom. The highest BCUT2D eigenvalue weighted by molar-refractivity contribution is 7.88. The SMILES string of the molecule is CS(=O)(=O)N1CCCC1C(=O)NNC(=O)c1ccc2c(c1)OCCO2. The van der Waals surface area contributed by atoms with Gasteiger partial charge in [-0.25, -0.2) is 8.42 Å². The summed E-state index contributed by atoms with van der Waals surface area (Å²) in [5.74, 6) is -0.0751. The molecule has 2 aliphatic rings. The van der Waals surface area contributed by atoms with E-state index in [2.05, 4.69) is 10.9 Å². The van der Waals surface area contributed by atoms with Crippen LogP contribution in [0.15, 0.2) is 18.2 Å². The summed E-state index contributed by atoms with van der Waals surface area (Å²) in [6.45, 7) is 1.15. The normalized spacial score (nSPS) is 20.1. The average molecular weight is 369 g/mol. The van der Waals surface area contributed by atoms with Crippen LogP contribution >= 0.6 is 0 Å². The number of ether oxygens (including phenoxy) is 2. The number of nitrogens with one attached hydrogen (secondary N) is 2. The van der Waals surface area contributed by atoms with E-state index in [0.717, 1.165) is 10.6 Å². The number of hydrogen-bond donors (Lipinski definition) is 2. The van der Waals surface area contributed by atoms with Gasteiger partial charge >= 0.3 is 0 Å². The molecular weight excluding hydrogens is 350 g/mol. The molecule has 2 amide bonds. The van der Waals surface area contributed by atoms with Gasteiger partial charge in [0.25, 0.3) is 11.8 Å². The average Bonchev–Trinajstić information content (AvgIpc) is 3.09. The summed E-state index contributed by atoms with van der Waals surface area (Å²) in [7, 11) is -3.47. The number of hydrogen-bond acceptors (Lipinski definition) is 6. The molecule has 0 spiro atoms. The molecule has 1 aromatic carbocycles. The summed E-state index contributed by atoms with van der Waals surface area (Å²) < 4.78 is 35.3. The van der Waals surface area contributed by atoms with Crippen molar-refractivity contribution in [1.29, 1.82) is 0 Å². The second kappa shape index (κ2) is 6.89. The van der Waals surface area contributed by atoms with Crippen molar-refractivity contribution < 1.29 is 27.5 Å². The predicted octanol–water partition coefficient (Wildman–Crippen LogP) is -0.357. The van der Waals surface area contributed by atoms with Crippen molar-refractivity contribution in [1.82, 2.24) is 15.2 Å². The van der Waals surface area contributed by atoms with E-state index < -0.39 is 27.9 Å². The van der Waals surface area contributed by atoms with Gasteiger partial charge in [-0.15, -0.1) is 0 Å². The van der Waals surface area contributed by atoms with E-state index in [4.69, 9.17) is 9.47 Å². The van der Waals surface area contributed by atoms with Crippen LogP contribution in [-0.4, -0.2) is 56.6 Å². The minimum Gasteiger partial charge on any atom is -0.486 e. The number of carbonyl (C=O) groups is 2. The quantitative estimate of drug-likeness (QED) is 0.704. The summed E-state index contributed by atoms with van der Waals surface area (Å²) in [5, 5.41) is 0. The van der Waals surface area contributed by atoms with E-state index in [1.165, 1.54) is 6.07 Å². The number of fused-ring (bicyclic) bond motifs is 1. The van der Waals surface area contributed by atoms with Crippen LogP contribution in [0.2, 0.25) is 0 Å². The minimum atomic E-state index is -3.47. The number of amides is 2. The lowest BCUT2D eigenvalue weighted by atomic mass is 10.2. The first kappa shape index (κ1) is 17.5. The lowest BCUT2D eigenvalue weighted by molar-refractivity contribution is -0.124. The van der Waals surface area contributed by atoms with Crippen LogP contribution in [0, 0.1) is 0 Å². The summed E-state index contributed by atoms with van der Waals surface area (Å²) in [5.41, 5.74) is 4.87. The fourth-order valence-electron chi connectivity index (χ4n) is 2.86. The van der Waals surface area contributed by atoms with Crippen molar-refractivity contribution in [2.24, 2.45) is 0 Å². The zero-order valence-electron chi connectivity index (χ0n) is 13.6. The van der Waals surface area contributed by atoms with Gasteiger partial charge < -0.3 is 9.47 Å². The van der Waals surface area contributed by atoms with E-state index in [1.807, 2.05) is 0 Å². The fraction of sp³-hybridized carbons (Fsp3) is 0.467. The molecule has 0 bridgehead atoms. The molecule has 2 aliphatic heterocycles. The van der Waals surface area contributed by atoms with Crippen molar-refractivity contribution >= 4 is 21.8 Å². The van der Waals surface area contributed by atoms with Gasteiger partial charge in [0, 0.05) is 12.1 Å². The Morgan fingerprint density at radius 3 is 2.60 bits per heavy atom. The highest BCUT2D eigenvalue weighted by Crippen LogP contribution is 2.30. The Hall–Kier alpha value is -2.33. The van der Waals surface area contributed by atoms with Crippen LogP contribution in [-0.2, 0) is 14.8 Å².